The topological polar surface area (TPSA) is 58.4 Å². The number of benzene rings is 2. The molecule has 4 nitrogen and oxygen atoms in total. The van der Waals surface area contributed by atoms with Crippen molar-refractivity contribution < 1.29 is 4.79 Å². The fraction of sp³-hybridized carbons (Fsp3) is 0.188. The summed E-state index contributed by atoms with van der Waals surface area (Å²) in [5.41, 5.74) is 8.90. The number of nitrogens with two attached hydrogens (primary N) is 1. The zero-order chi connectivity index (χ0) is 14.8. The lowest BCUT2D eigenvalue weighted by atomic mass is 10.1. The zero-order valence-electron chi connectivity index (χ0n) is 11.5. The van der Waals surface area contributed by atoms with Crippen LogP contribution in [0, 0.1) is 0 Å². The van der Waals surface area contributed by atoms with Crippen LogP contribution in [0.5, 0.6) is 0 Å². The van der Waals surface area contributed by atoms with E-state index < -0.39 is 5.91 Å². The van der Waals surface area contributed by atoms with E-state index >= 15 is 0 Å². The van der Waals surface area contributed by atoms with E-state index in [2.05, 4.69) is 16.3 Å². The minimum atomic E-state index is -0.509. The Hall–Kier alpha value is -2.04. The summed E-state index contributed by atoms with van der Waals surface area (Å²) in [4.78, 5) is 13.9. The Labute approximate surface area is 128 Å². The Morgan fingerprint density at radius 3 is 2.71 bits per heavy atom. The highest BCUT2D eigenvalue weighted by Gasteiger charge is 2.22. The van der Waals surface area contributed by atoms with Crippen LogP contribution in [-0.2, 0) is 6.54 Å². The third kappa shape index (κ3) is 2.60. The molecule has 0 bridgehead atoms. The van der Waals surface area contributed by atoms with E-state index in [1.807, 2.05) is 30.3 Å². The van der Waals surface area contributed by atoms with Crippen LogP contribution in [0.4, 0.5) is 11.4 Å². The van der Waals surface area contributed by atoms with Crippen molar-refractivity contribution in [3.8, 4) is 0 Å². The molecule has 3 rings (SSSR count). The number of para-hydroxylation sites is 1. The number of amides is 1. The molecule has 3 N–H and O–H groups in total. The van der Waals surface area contributed by atoms with Gasteiger partial charge in [-0.3, -0.25) is 4.79 Å². The van der Waals surface area contributed by atoms with Gasteiger partial charge in [0, 0.05) is 25.3 Å². The van der Waals surface area contributed by atoms with Gasteiger partial charge in [0.15, 0.2) is 0 Å². The van der Waals surface area contributed by atoms with Crippen molar-refractivity contribution in [2.75, 3.05) is 18.0 Å². The maximum Gasteiger partial charge on any atom is 0.252 e. The van der Waals surface area contributed by atoms with Crippen molar-refractivity contribution in [2.45, 2.75) is 6.54 Å². The average molecular weight is 302 g/mol. The molecule has 1 amide bonds. The Kier molecular flexibility index (Phi) is 3.82. The summed E-state index contributed by atoms with van der Waals surface area (Å²) in [5, 5.41) is 3.76. The summed E-state index contributed by atoms with van der Waals surface area (Å²) >= 11 is 6.17. The van der Waals surface area contributed by atoms with E-state index in [0.717, 1.165) is 31.0 Å². The van der Waals surface area contributed by atoms with Gasteiger partial charge in [-0.05, 0) is 23.8 Å². The number of fused-ring (bicyclic) bond motifs is 1. The van der Waals surface area contributed by atoms with Gasteiger partial charge in [0.05, 0.1) is 16.3 Å². The Balaban J connectivity index is 2.17. The summed E-state index contributed by atoms with van der Waals surface area (Å²) in [6.07, 6.45) is 0. The summed E-state index contributed by atoms with van der Waals surface area (Å²) in [7, 11) is 0. The van der Waals surface area contributed by atoms with E-state index in [9.17, 15) is 4.79 Å². The third-order valence-corrected chi connectivity index (χ3v) is 3.95. The first-order valence-corrected chi connectivity index (χ1v) is 7.21. The molecule has 108 valence electrons. The van der Waals surface area contributed by atoms with E-state index in [1.54, 1.807) is 6.07 Å². The molecule has 0 fully saturated rings. The van der Waals surface area contributed by atoms with Crippen LogP contribution in [0.2, 0.25) is 5.02 Å². The van der Waals surface area contributed by atoms with Crippen LogP contribution in [0.15, 0.2) is 42.5 Å². The van der Waals surface area contributed by atoms with Gasteiger partial charge in [0.25, 0.3) is 5.91 Å². The quantitative estimate of drug-likeness (QED) is 0.896. The standard InChI is InChI=1S/C16H16ClN3O/c17-12-5-3-7-14(15(12)16(18)21)20-9-8-19-10-11-4-1-2-6-13(11)20/h1-7,19H,8-10H2,(H2,18,21). The normalized spacial score (nSPS) is 14.4. The molecule has 0 aromatic heterocycles. The first-order valence-electron chi connectivity index (χ1n) is 6.83. The SMILES string of the molecule is NC(=O)c1c(Cl)cccc1N1CCNCc2ccccc21. The lowest BCUT2D eigenvalue weighted by Crippen LogP contribution is -2.27. The summed E-state index contributed by atoms with van der Waals surface area (Å²) in [5.74, 6) is -0.509. The highest BCUT2D eigenvalue weighted by Crippen LogP contribution is 2.34. The molecule has 0 saturated heterocycles. The van der Waals surface area contributed by atoms with Gasteiger partial charge in [-0.2, -0.15) is 0 Å². The van der Waals surface area contributed by atoms with Gasteiger partial charge in [-0.1, -0.05) is 35.9 Å². The number of hydrogen-bond donors (Lipinski definition) is 2. The number of halogens is 1. The fourth-order valence-electron chi connectivity index (χ4n) is 2.69. The highest BCUT2D eigenvalue weighted by atomic mass is 35.5. The molecule has 0 aliphatic carbocycles. The number of hydrogen-bond acceptors (Lipinski definition) is 3. The van der Waals surface area contributed by atoms with Crippen LogP contribution in [0.3, 0.4) is 0 Å². The van der Waals surface area contributed by atoms with E-state index in [0.29, 0.717) is 10.6 Å². The van der Waals surface area contributed by atoms with Crippen molar-refractivity contribution in [3.05, 3.63) is 58.6 Å². The van der Waals surface area contributed by atoms with Gasteiger partial charge >= 0.3 is 0 Å². The summed E-state index contributed by atoms with van der Waals surface area (Å²) in [6, 6.07) is 13.5. The van der Waals surface area contributed by atoms with Crippen LogP contribution < -0.4 is 16.0 Å². The number of primary amides is 1. The molecule has 1 aliphatic heterocycles. The van der Waals surface area contributed by atoms with E-state index in [4.69, 9.17) is 17.3 Å². The number of anilines is 2. The van der Waals surface area contributed by atoms with Crippen LogP contribution in [-0.4, -0.2) is 19.0 Å². The third-order valence-electron chi connectivity index (χ3n) is 3.64. The van der Waals surface area contributed by atoms with Gasteiger partial charge < -0.3 is 16.0 Å². The molecule has 21 heavy (non-hydrogen) atoms. The molecular weight excluding hydrogens is 286 g/mol. The molecule has 0 saturated carbocycles. The zero-order valence-corrected chi connectivity index (χ0v) is 12.2. The molecule has 1 aliphatic rings. The number of nitrogens with one attached hydrogen (secondary N) is 1. The van der Waals surface area contributed by atoms with Crippen LogP contribution in [0.25, 0.3) is 0 Å². The van der Waals surface area contributed by atoms with Crippen molar-refractivity contribution >= 4 is 28.9 Å². The first-order chi connectivity index (χ1) is 10.2. The molecule has 0 spiro atoms. The second-order valence-electron chi connectivity index (χ2n) is 4.96. The number of rotatable bonds is 2. The van der Waals surface area contributed by atoms with Crippen molar-refractivity contribution in [3.63, 3.8) is 0 Å². The minimum Gasteiger partial charge on any atom is -0.365 e. The predicted molar refractivity (Wildman–Crippen MR) is 85.1 cm³/mol. The molecule has 0 unspecified atom stereocenters. The van der Waals surface area contributed by atoms with Crippen molar-refractivity contribution in [1.82, 2.24) is 5.32 Å². The van der Waals surface area contributed by atoms with Crippen LogP contribution >= 0.6 is 11.6 Å². The molecular formula is C16H16ClN3O. The molecule has 0 radical (unpaired) electrons. The number of carbonyl (C=O) groups excluding carboxylic acids is 1. The number of carbonyl (C=O) groups is 1. The largest absolute Gasteiger partial charge is 0.365 e. The lowest BCUT2D eigenvalue weighted by molar-refractivity contribution is 0.100. The molecule has 2 aromatic carbocycles. The summed E-state index contributed by atoms with van der Waals surface area (Å²) in [6.45, 7) is 2.37. The van der Waals surface area contributed by atoms with E-state index in [-0.39, 0.29) is 0 Å². The molecule has 1 heterocycles. The highest BCUT2D eigenvalue weighted by molar-refractivity contribution is 6.34. The lowest BCUT2D eigenvalue weighted by Gasteiger charge is -2.26. The second kappa shape index (κ2) is 5.76. The Bertz CT molecular complexity index is 687. The summed E-state index contributed by atoms with van der Waals surface area (Å²) < 4.78 is 0. The smallest absolute Gasteiger partial charge is 0.252 e. The van der Waals surface area contributed by atoms with E-state index in [1.165, 1.54) is 5.56 Å². The van der Waals surface area contributed by atoms with Crippen molar-refractivity contribution in [1.29, 1.82) is 0 Å². The van der Waals surface area contributed by atoms with Gasteiger partial charge in [-0.25, -0.2) is 0 Å². The Morgan fingerprint density at radius 1 is 1.14 bits per heavy atom. The van der Waals surface area contributed by atoms with Gasteiger partial charge in [-0.15, -0.1) is 0 Å². The number of nitrogens with zero attached hydrogens (tertiary/aromatic N) is 1. The van der Waals surface area contributed by atoms with Crippen LogP contribution in [0.1, 0.15) is 15.9 Å². The minimum absolute atomic E-state index is 0.371. The first kappa shape index (κ1) is 13.9. The average Bonchev–Trinajstić information content (AvgIpc) is 2.68. The van der Waals surface area contributed by atoms with Gasteiger partial charge in [0.2, 0.25) is 0 Å². The van der Waals surface area contributed by atoms with Crippen molar-refractivity contribution in [2.24, 2.45) is 5.73 Å². The molecule has 0 atom stereocenters. The maximum absolute atomic E-state index is 11.8. The molecule has 5 heteroatoms. The molecule has 2 aromatic rings. The maximum atomic E-state index is 11.8. The second-order valence-corrected chi connectivity index (χ2v) is 5.36. The Morgan fingerprint density at radius 2 is 1.90 bits per heavy atom. The monoisotopic (exact) mass is 301 g/mol. The predicted octanol–water partition coefficient (Wildman–Crippen LogP) is 2.68. The van der Waals surface area contributed by atoms with Gasteiger partial charge in [0.1, 0.15) is 0 Å². The fourth-order valence-corrected chi connectivity index (χ4v) is 2.95.